The molecule has 0 aliphatic rings. The van der Waals surface area contributed by atoms with Crippen molar-refractivity contribution in [2.24, 2.45) is 5.73 Å². The van der Waals surface area contributed by atoms with Crippen molar-refractivity contribution in [1.29, 1.82) is 0 Å². The number of benzene rings is 1. The minimum atomic E-state index is -0.893. The maximum absolute atomic E-state index is 13.1. The van der Waals surface area contributed by atoms with E-state index in [0.717, 1.165) is 11.3 Å². The third-order valence-electron chi connectivity index (χ3n) is 4.76. The van der Waals surface area contributed by atoms with Gasteiger partial charge >= 0.3 is 5.97 Å². The monoisotopic (exact) mass is 454 g/mol. The lowest BCUT2D eigenvalue weighted by Crippen LogP contribution is -2.50. The number of aromatic nitrogens is 1. The molecular weight excluding hydrogens is 424 g/mol. The number of rotatable bonds is 12. The SMILES string of the molecule is CCOC(=O)/C=C/[C@H](CCC(N)=O)NC(=O)[C@H](Cc1ccccc1)NC(=O)c1ccc(C)[nH]1. The number of aryl methyl sites for hydroxylation is 1. The smallest absolute Gasteiger partial charge is 0.330 e. The quantitative estimate of drug-likeness (QED) is 0.284. The summed E-state index contributed by atoms with van der Waals surface area (Å²) in [5.41, 5.74) is 7.26. The van der Waals surface area contributed by atoms with Crippen LogP contribution in [0.3, 0.4) is 0 Å². The molecule has 0 radical (unpaired) electrons. The van der Waals surface area contributed by atoms with Crippen molar-refractivity contribution in [2.45, 2.75) is 45.2 Å². The zero-order valence-corrected chi connectivity index (χ0v) is 18.8. The van der Waals surface area contributed by atoms with Crippen LogP contribution in [-0.4, -0.2) is 47.4 Å². The van der Waals surface area contributed by atoms with Crippen molar-refractivity contribution < 1.29 is 23.9 Å². The van der Waals surface area contributed by atoms with Crippen molar-refractivity contribution in [3.63, 3.8) is 0 Å². The van der Waals surface area contributed by atoms with E-state index in [9.17, 15) is 19.2 Å². The molecule has 0 unspecified atom stereocenters. The Hall–Kier alpha value is -3.88. The van der Waals surface area contributed by atoms with Crippen LogP contribution in [0.5, 0.6) is 0 Å². The number of hydrogen-bond donors (Lipinski definition) is 4. The maximum Gasteiger partial charge on any atom is 0.330 e. The van der Waals surface area contributed by atoms with Crippen molar-refractivity contribution in [3.05, 3.63) is 71.6 Å². The number of nitrogens with two attached hydrogens (primary N) is 1. The summed E-state index contributed by atoms with van der Waals surface area (Å²) in [7, 11) is 0. The molecule has 0 saturated heterocycles. The summed E-state index contributed by atoms with van der Waals surface area (Å²) in [5, 5.41) is 5.55. The normalized spacial score (nSPS) is 12.7. The molecule has 2 atom stereocenters. The fraction of sp³-hybridized carbons (Fsp3) is 0.333. The van der Waals surface area contributed by atoms with Crippen LogP contribution >= 0.6 is 0 Å². The van der Waals surface area contributed by atoms with Gasteiger partial charge in [-0.1, -0.05) is 36.4 Å². The molecule has 0 bridgehead atoms. The van der Waals surface area contributed by atoms with Crippen LogP contribution in [0.4, 0.5) is 0 Å². The number of carbonyl (C=O) groups is 4. The standard InChI is InChI=1S/C24H30N4O5/c1-3-33-22(30)14-11-18(10-13-21(25)29)27-24(32)20(15-17-7-5-4-6-8-17)28-23(31)19-12-9-16(2)26-19/h4-9,11-12,14,18,20,26H,3,10,13,15H2,1-2H3,(H2,25,29)(H,27,32)(H,28,31)/b14-11+/t18-,20-/m0/s1. The maximum atomic E-state index is 13.1. The van der Waals surface area contributed by atoms with E-state index < -0.39 is 35.8 Å². The summed E-state index contributed by atoms with van der Waals surface area (Å²) in [6, 6.07) is 11.1. The molecule has 2 aromatic rings. The average Bonchev–Trinajstić information content (AvgIpc) is 3.22. The Labute approximate surface area is 192 Å². The van der Waals surface area contributed by atoms with Crippen LogP contribution < -0.4 is 16.4 Å². The minimum absolute atomic E-state index is 0.00950. The first-order chi connectivity index (χ1) is 15.8. The molecule has 33 heavy (non-hydrogen) atoms. The Morgan fingerprint density at radius 1 is 1.09 bits per heavy atom. The lowest BCUT2D eigenvalue weighted by molar-refractivity contribution is -0.137. The highest BCUT2D eigenvalue weighted by Crippen LogP contribution is 2.08. The second-order valence-electron chi connectivity index (χ2n) is 7.50. The Bertz CT molecular complexity index is 984. The molecule has 0 saturated carbocycles. The van der Waals surface area contributed by atoms with E-state index in [-0.39, 0.29) is 25.9 Å². The van der Waals surface area contributed by atoms with E-state index >= 15 is 0 Å². The summed E-state index contributed by atoms with van der Waals surface area (Å²) in [4.78, 5) is 51.7. The van der Waals surface area contributed by atoms with E-state index in [4.69, 9.17) is 10.5 Å². The van der Waals surface area contributed by atoms with Crippen LogP contribution in [0.15, 0.2) is 54.6 Å². The predicted octanol–water partition coefficient (Wildman–Crippen LogP) is 1.53. The third-order valence-corrected chi connectivity index (χ3v) is 4.76. The van der Waals surface area contributed by atoms with Gasteiger partial charge in [-0.05, 0) is 38.0 Å². The number of ether oxygens (including phenoxy) is 1. The zero-order chi connectivity index (χ0) is 24.2. The number of amides is 3. The Kier molecular flexibility index (Phi) is 9.88. The van der Waals surface area contributed by atoms with Crippen molar-refractivity contribution in [1.82, 2.24) is 15.6 Å². The van der Waals surface area contributed by atoms with Gasteiger partial charge in [0.1, 0.15) is 11.7 Å². The number of aromatic amines is 1. The van der Waals surface area contributed by atoms with Crippen LogP contribution in [0, 0.1) is 6.92 Å². The molecule has 176 valence electrons. The van der Waals surface area contributed by atoms with E-state index in [1.54, 1.807) is 19.1 Å². The predicted molar refractivity (Wildman–Crippen MR) is 123 cm³/mol. The van der Waals surface area contributed by atoms with Gasteiger partial charge in [-0.2, -0.15) is 0 Å². The molecule has 0 fully saturated rings. The topological polar surface area (TPSA) is 143 Å². The number of carbonyl (C=O) groups excluding carboxylic acids is 4. The highest BCUT2D eigenvalue weighted by atomic mass is 16.5. The molecular formula is C24H30N4O5. The first-order valence-electron chi connectivity index (χ1n) is 10.7. The molecule has 9 heteroatoms. The third kappa shape index (κ3) is 9.02. The molecule has 5 N–H and O–H groups in total. The fourth-order valence-electron chi connectivity index (χ4n) is 3.11. The molecule has 1 aromatic carbocycles. The Morgan fingerprint density at radius 2 is 1.82 bits per heavy atom. The fourth-order valence-corrected chi connectivity index (χ4v) is 3.11. The molecule has 0 aliphatic heterocycles. The van der Waals surface area contributed by atoms with Crippen molar-refractivity contribution in [3.8, 4) is 0 Å². The molecule has 0 spiro atoms. The lowest BCUT2D eigenvalue weighted by atomic mass is 10.0. The first-order valence-corrected chi connectivity index (χ1v) is 10.7. The van der Waals surface area contributed by atoms with Crippen LogP contribution in [0.25, 0.3) is 0 Å². The minimum Gasteiger partial charge on any atom is -0.463 e. The molecule has 1 aromatic heterocycles. The highest BCUT2D eigenvalue weighted by Gasteiger charge is 2.24. The average molecular weight is 455 g/mol. The van der Waals surface area contributed by atoms with Gasteiger partial charge in [0.15, 0.2) is 0 Å². The van der Waals surface area contributed by atoms with E-state index in [2.05, 4.69) is 15.6 Å². The highest BCUT2D eigenvalue weighted by molar-refractivity contribution is 5.96. The van der Waals surface area contributed by atoms with Crippen LogP contribution in [0.2, 0.25) is 0 Å². The molecule has 0 aliphatic carbocycles. The van der Waals surface area contributed by atoms with E-state index in [1.807, 2.05) is 37.3 Å². The first kappa shape index (κ1) is 25.4. The van der Waals surface area contributed by atoms with Crippen molar-refractivity contribution in [2.75, 3.05) is 6.61 Å². The molecule has 1 heterocycles. The number of nitrogens with one attached hydrogen (secondary N) is 3. The van der Waals surface area contributed by atoms with E-state index in [1.165, 1.54) is 12.2 Å². The van der Waals surface area contributed by atoms with Gasteiger partial charge in [0.05, 0.1) is 6.61 Å². The van der Waals surface area contributed by atoms with Gasteiger partial charge in [-0.15, -0.1) is 0 Å². The van der Waals surface area contributed by atoms with E-state index in [0.29, 0.717) is 5.69 Å². The van der Waals surface area contributed by atoms with Gasteiger partial charge in [-0.3, -0.25) is 14.4 Å². The van der Waals surface area contributed by atoms with Crippen LogP contribution in [0.1, 0.15) is 41.5 Å². The van der Waals surface area contributed by atoms with Gasteiger partial charge < -0.3 is 26.1 Å². The largest absolute Gasteiger partial charge is 0.463 e. The summed E-state index contributed by atoms with van der Waals surface area (Å²) in [6.45, 7) is 3.72. The summed E-state index contributed by atoms with van der Waals surface area (Å²) < 4.78 is 4.86. The lowest BCUT2D eigenvalue weighted by Gasteiger charge is -2.22. The molecule has 2 rings (SSSR count). The molecule has 3 amide bonds. The Morgan fingerprint density at radius 3 is 2.42 bits per heavy atom. The summed E-state index contributed by atoms with van der Waals surface area (Å²) in [5.74, 6) is -1.98. The van der Waals surface area contributed by atoms with Gasteiger partial charge in [0, 0.05) is 30.7 Å². The number of hydrogen-bond acceptors (Lipinski definition) is 5. The number of esters is 1. The summed E-state index contributed by atoms with van der Waals surface area (Å²) >= 11 is 0. The van der Waals surface area contributed by atoms with Gasteiger partial charge in [0.25, 0.3) is 5.91 Å². The summed E-state index contributed by atoms with van der Waals surface area (Å²) in [6.07, 6.45) is 3.10. The second kappa shape index (κ2) is 12.8. The van der Waals surface area contributed by atoms with Gasteiger partial charge in [-0.25, -0.2) is 4.79 Å². The van der Waals surface area contributed by atoms with Crippen LogP contribution in [-0.2, 0) is 25.5 Å². The molecule has 9 nitrogen and oxygen atoms in total. The number of H-pyrrole nitrogens is 1. The Balaban J connectivity index is 2.18. The van der Waals surface area contributed by atoms with Crippen molar-refractivity contribution >= 4 is 23.7 Å². The number of primary amides is 1. The second-order valence-corrected chi connectivity index (χ2v) is 7.50. The zero-order valence-electron chi connectivity index (χ0n) is 18.8. The van der Waals surface area contributed by atoms with Gasteiger partial charge in [0.2, 0.25) is 11.8 Å².